The topological polar surface area (TPSA) is 107 Å². The fraction of sp³-hybridized carbons (Fsp3) is 0.125. The number of aromatic nitrogens is 1. The van der Waals surface area contributed by atoms with Gasteiger partial charge < -0.3 is 4.42 Å². The number of rotatable bonds is 3. The number of nitro benzene ring substituents is 1. The minimum Gasteiger partial charge on any atom is -0.450 e. The molecule has 158 valence electrons. The van der Waals surface area contributed by atoms with Crippen molar-refractivity contribution >= 4 is 28.4 Å². The summed E-state index contributed by atoms with van der Waals surface area (Å²) in [5.74, 6) is -0.266. The molecule has 0 bridgehead atoms. The number of anilines is 1. The zero-order chi connectivity index (χ0) is 22.6. The maximum absolute atomic E-state index is 13.6. The SMILES string of the molecule is Cc1ccnc(N2C(=O)c3oc4ccc(C)cc4c(=O)c3[C@@H]2c2cccc([N+](=O)[O-])c2)c1. The summed E-state index contributed by atoms with van der Waals surface area (Å²) in [5.41, 5.74) is 2.15. The highest BCUT2D eigenvalue weighted by atomic mass is 16.6. The van der Waals surface area contributed by atoms with Gasteiger partial charge in [0.1, 0.15) is 11.4 Å². The van der Waals surface area contributed by atoms with Gasteiger partial charge in [0.2, 0.25) is 5.76 Å². The molecule has 1 aliphatic rings. The van der Waals surface area contributed by atoms with Crippen LogP contribution in [-0.4, -0.2) is 15.8 Å². The van der Waals surface area contributed by atoms with Crippen LogP contribution in [0.2, 0.25) is 0 Å². The first-order chi connectivity index (χ1) is 15.3. The van der Waals surface area contributed by atoms with Crippen molar-refractivity contribution in [3.05, 3.63) is 109 Å². The minimum atomic E-state index is -0.909. The van der Waals surface area contributed by atoms with Crippen LogP contribution in [0.4, 0.5) is 11.5 Å². The van der Waals surface area contributed by atoms with Gasteiger partial charge in [-0.25, -0.2) is 4.98 Å². The van der Waals surface area contributed by atoms with Gasteiger partial charge in [-0.05, 0) is 49.2 Å². The van der Waals surface area contributed by atoms with E-state index < -0.39 is 16.9 Å². The number of aryl methyl sites for hydroxylation is 2. The number of nitrogens with zero attached hydrogens (tertiary/aromatic N) is 3. The Bertz CT molecular complexity index is 1490. The largest absolute Gasteiger partial charge is 0.450 e. The van der Waals surface area contributed by atoms with E-state index in [-0.39, 0.29) is 22.4 Å². The van der Waals surface area contributed by atoms with Gasteiger partial charge in [-0.1, -0.05) is 23.8 Å². The normalized spacial score (nSPS) is 15.2. The van der Waals surface area contributed by atoms with E-state index in [2.05, 4.69) is 4.98 Å². The molecule has 0 fully saturated rings. The summed E-state index contributed by atoms with van der Waals surface area (Å²) < 4.78 is 5.91. The fourth-order valence-corrected chi connectivity index (χ4v) is 4.10. The predicted molar refractivity (Wildman–Crippen MR) is 118 cm³/mol. The molecule has 0 radical (unpaired) electrons. The highest BCUT2D eigenvalue weighted by Crippen LogP contribution is 2.41. The van der Waals surface area contributed by atoms with Gasteiger partial charge in [-0.3, -0.25) is 24.6 Å². The smallest absolute Gasteiger partial charge is 0.296 e. The summed E-state index contributed by atoms with van der Waals surface area (Å²) in [6.07, 6.45) is 1.57. The van der Waals surface area contributed by atoms with E-state index in [1.807, 2.05) is 13.8 Å². The Labute approximate surface area is 181 Å². The number of hydrogen-bond donors (Lipinski definition) is 0. The third kappa shape index (κ3) is 2.96. The van der Waals surface area contributed by atoms with Crippen LogP contribution in [0.25, 0.3) is 11.0 Å². The molecule has 2 aromatic heterocycles. The van der Waals surface area contributed by atoms with Crippen LogP contribution in [0.5, 0.6) is 0 Å². The lowest BCUT2D eigenvalue weighted by Gasteiger charge is -2.24. The molecule has 1 amide bonds. The Hall–Kier alpha value is -4.33. The van der Waals surface area contributed by atoms with E-state index >= 15 is 0 Å². The summed E-state index contributed by atoms with van der Waals surface area (Å²) in [6.45, 7) is 3.72. The third-order valence-corrected chi connectivity index (χ3v) is 5.57. The van der Waals surface area contributed by atoms with Gasteiger partial charge in [0.05, 0.1) is 21.9 Å². The number of fused-ring (bicyclic) bond motifs is 2. The number of carbonyl (C=O) groups excluding carboxylic acids is 1. The van der Waals surface area contributed by atoms with E-state index in [1.54, 1.807) is 42.6 Å². The lowest BCUT2D eigenvalue weighted by atomic mass is 9.97. The molecule has 0 saturated heterocycles. The maximum Gasteiger partial charge on any atom is 0.296 e. The van der Waals surface area contributed by atoms with Gasteiger partial charge in [0.15, 0.2) is 5.43 Å². The fourth-order valence-electron chi connectivity index (χ4n) is 4.10. The number of hydrogen-bond acceptors (Lipinski definition) is 6. The molecule has 4 aromatic rings. The minimum absolute atomic E-state index is 0.0776. The van der Waals surface area contributed by atoms with Crippen molar-refractivity contribution in [3.63, 3.8) is 0 Å². The first-order valence-electron chi connectivity index (χ1n) is 9.93. The molecule has 2 aromatic carbocycles. The number of benzene rings is 2. The third-order valence-electron chi connectivity index (χ3n) is 5.57. The molecule has 0 aliphatic carbocycles. The Balaban J connectivity index is 1.83. The molecular formula is C24H17N3O5. The summed E-state index contributed by atoms with van der Waals surface area (Å²) >= 11 is 0. The Morgan fingerprint density at radius 3 is 2.56 bits per heavy atom. The number of non-ortho nitro benzene ring substituents is 1. The van der Waals surface area contributed by atoms with E-state index in [1.165, 1.54) is 23.1 Å². The molecule has 8 nitrogen and oxygen atoms in total. The molecular weight excluding hydrogens is 410 g/mol. The van der Waals surface area contributed by atoms with E-state index in [9.17, 15) is 19.7 Å². The van der Waals surface area contributed by atoms with Crippen LogP contribution >= 0.6 is 0 Å². The lowest BCUT2D eigenvalue weighted by molar-refractivity contribution is -0.384. The number of nitro groups is 1. The van der Waals surface area contributed by atoms with Crippen molar-refractivity contribution in [2.75, 3.05) is 4.90 Å². The quantitative estimate of drug-likeness (QED) is 0.353. The standard InChI is InChI=1S/C24H17N3O5/c1-13-6-7-18-17(10-13)22(28)20-21(15-4-3-5-16(12-15)27(30)31)26(24(29)23(20)32-18)19-11-14(2)8-9-25-19/h3-12,21H,1-2H3/t21-/m0/s1. The van der Waals surface area contributed by atoms with Crippen LogP contribution in [-0.2, 0) is 0 Å². The average Bonchev–Trinajstić information content (AvgIpc) is 3.07. The van der Waals surface area contributed by atoms with Crippen molar-refractivity contribution < 1.29 is 14.1 Å². The highest BCUT2D eigenvalue weighted by Gasteiger charge is 2.44. The molecule has 32 heavy (non-hydrogen) atoms. The molecule has 5 rings (SSSR count). The van der Waals surface area contributed by atoms with Crippen molar-refractivity contribution in [1.29, 1.82) is 0 Å². The first kappa shape index (κ1) is 19.6. The van der Waals surface area contributed by atoms with Crippen molar-refractivity contribution in [2.24, 2.45) is 0 Å². The van der Waals surface area contributed by atoms with Gasteiger partial charge in [-0.2, -0.15) is 0 Å². The summed E-state index contributed by atoms with van der Waals surface area (Å²) in [6, 6.07) is 13.7. The molecule has 0 unspecified atom stereocenters. The molecule has 0 spiro atoms. The summed E-state index contributed by atoms with van der Waals surface area (Å²) in [4.78, 5) is 43.6. The first-order valence-corrected chi connectivity index (χ1v) is 9.93. The number of pyridine rings is 1. The monoisotopic (exact) mass is 427 g/mol. The Kier molecular flexibility index (Phi) is 4.37. The summed E-state index contributed by atoms with van der Waals surface area (Å²) in [5, 5.41) is 11.7. The second kappa shape index (κ2) is 7.12. The van der Waals surface area contributed by atoms with E-state index in [0.29, 0.717) is 22.4 Å². The number of amides is 1. The Morgan fingerprint density at radius 1 is 1.03 bits per heavy atom. The molecule has 0 saturated carbocycles. The maximum atomic E-state index is 13.6. The van der Waals surface area contributed by atoms with Crippen molar-refractivity contribution in [1.82, 2.24) is 4.98 Å². The lowest BCUT2D eigenvalue weighted by Crippen LogP contribution is -2.30. The van der Waals surface area contributed by atoms with E-state index in [0.717, 1.165) is 11.1 Å². The number of carbonyl (C=O) groups is 1. The van der Waals surface area contributed by atoms with Crippen LogP contribution in [0, 0.1) is 24.0 Å². The van der Waals surface area contributed by atoms with Crippen LogP contribution in [0.15, 0.2) is 70.0 Å². The summed E-state index contributed by atoms with van der Waals surface area (Å²) in [7, 11) is 0. The van der Waals surface area contributed by atoms with Crippen LogP contribution in [0.1, 0.15) is 38.9 Å². The van der Waals surface area contributed by atoms with Crippen molar-refractivity contribution in [2.45, 2.75) is 19.9 Å². The second-order valence-electron chi connectivity index (χ2n) is 7.79. The van der Waals surface area contributed by atoms with E-state index in [4.69, 9.17) is 4.42 Å². The Morgan fingerprint density at radius 2 is 1.81 bits per heavy atom. The molecule has 1 atom stereocenters. The molecule has 1 aliphatic heterocycles. The molecule has 0 N–H and O–H groups in total. The van der Waals surface area contributed by atoms with Crippen LogP contribution < -0.4 is 10.3 Å². The second-order valence-corrected chi connectivity index (χ2v) is 7.79. The predicted octanol–water partition coefficient (Wildman–Crippen LogP) is 4.46. The highest BCUT2D eigenvalue weighted by molar-refractivity contribution is 6.10. The van der Waals surface area contributed by atoms with Crippen molar-refractivity contribution in [3.8, 4) is 0 Å². The average molecular weight is 427 g/mol. The zero-order valence-electron chi connectivity index (χ0n) is 17.2. The van der Waals surface area contributed by atoms with Gasteiger partial charge >= 0.3 is 0 Å². The zero-order valence-corrected chi connectivity index (χ0v) is 17.2. The van der Waals surface area contributed by atoms with Crippen LogP contribution in [0.3, 0.4) is 0 Å². The molecule has 3 heterocycles. The van der Waals surface area contributed by atoms with Gasteiger partial charge in [-0.15, -0.1) is 0 Å². The van der Waals surface area contributed by atoms with Gasteiger partial charge in [0.25, 0.3) is 11.6 Å². The van der Waals surface area contributed by atoms with Gasteiger partial charge in [0, 0.05) is 18.3 Å². The molecule has 8 heteroatoms.